The molecule has 0 bridgehead atoms. The van der Waals surface area contributed by atoms with Crippen molar-refractivity contribution in [2.75, 3.05) is 5.32 Å². The molecule has 2 rings (SSSR count). The first-order valence-electron chi connectivity index (χ1n) is 6.49. The van der Waals surface area contributed by atoms with Crippen LogP contribution in [0.25, 0.3) is 0 Å². The topological polar surface area (TPSA) is 21.3 Å². The van der Waals surface area contributed by atoms with Gasteiger partial charge in [0.05, 0.1) is 6.10 Å². The predicted molar refractivity (Wildman–Crippen MR) is 83.6 cm³/mol. The van der Waals surface area contributed by atoms with Gasteiger partial charge in [0.15, 0.2) is 0 Å². The highest BCUT2D eigenvalue weighted by Gasteiger charge is 2.02. The SMILES string of the molecule is CC(C)Oc1ccc(NCc2ccc(F)cc2Br)cc1. The van der Waals surface area contributed by atoms with Crippen LogP contribution in [0.15, 0.2) is 46.9 Å². The molecule has 0 amide bonds. The van der Waals surface area contributed by atoms with Crippen molar-refractivity contribution < 1.29 is 9.13 Å². The lowest BCUT2D eigenvalue weighted by molar-refractivity contribution is 0.242. The first-order chi connectivity index (χ1) is 9.54. The number of hydrogen-bond donors (Lipinski definition) is 1. The summed E-state index contributed by atoms with van der Waals surface area (Å²) in [6, 6.07) is 12.5. The van der Waals surface area contributed by atoms with Crippen molar-refractivity contribution in [2.45, 2.75) is 26.5 Å². The van der Waals surface area contributed by atoms with Gasteiger partial charge in [-0.1, -0.05) is 22.0 Å². The molecular weight excluding hydrogens is 321 g/mol. The third-order valence-electron chi connectivity index (χ3n) is 2.72. The summed E-state index contributed by atoms with van der Waals surface area (Å²) < 4.78 is 19.4. The third kappa shape index (κ3) is 4.23. The van der Waals surface area contributed by atoms with Gasteiger partial charge in [0, 0.05) is 16.7 Å². The van der Waals surface area contributed by atoms with E-state index in [1.165, 1.54) is 12.1 Å². The molecule has 0 saturated carbocycles. The van der Waals surface area contributed by atoms with Crippen LogP contribution in [0.4, 0.5) is 10.1 Å². The van der Waals surface area contributed by atoms with Crippen LogP contribution in [0.1, 0.15) is 19.4 Å². The second kappa shape index (κ2) is 6.75. The molecule has 0 aliphatic carbocycles. The van der Waals surface area contributed by atoms with Gasteiger partial charge in [-0.2, -0.15) is 0 Å². The van der Waals surface area contributed by atoms with Crippen LogP contribution >= 0.6 is 15.9 Å². The summed E-state index contributed by atoms with van der Waals surface area (Å²) in [7, 11) is 0. The van der Waals surface area contributed by atoms with Gasteiger partial charge in [-0.15, -0.1) is 0 Å². The third-order valence-corrected chi connectivity index (χ3v) is 3.46. The number of hydrogen-bond acceptors (Lipinski definition) is 2. The van der Waals surface area contributed by atoms with Crippen LogP contribution in [0, 0.1) is 5.82 Å². The van der Waals surface area contributed by atoms with Crippen molar-refractivity contribution in [3.8, 4) is 5.75 Å². The molecule has 2 aromatic carbocycles. The summed E-state index contributed by atoms with van der Waals surface area (Å²) in [4.78, 5) is 0. The molecule has 4 heteroatoms. The van der Waals surface area contributed by atoms with Crippen LogP contribution < -0.4 is 10.1 Å². The number of halogens is 2. The molecule has 1 N–H and O–H groups in total. The average molecular weight is 338 g/mol. The van der Waals surface area contributed by atoms with Gasteiger partial charge in [0.2, 0.25) is 0 Å². The van der Waals surface area contributed by atoms with Gasteiger partial charge in [-0.05, 0) is 55.8 Å². The lowest BCUT2D eigenvalue weighted by Gasteiger charge is -2.11. The Morgan fingerprint density at radius 2 is 1.85 bits per heavy atom. The largest absolute Gasteiger partial charge is 0.491 e. The van der Waals surface area contributed by atoms with E-state index in [2.05, 4.69) is 21.2 Å². The number of anilines is 1. The second-order valence-electron chi connectivity index (χ2n) is 4.78. The Kier molecular flexibility index (Phi) is 5.01. The Morgan fingerprint density at radius 3 is 2.45 bits per heavy atom. The van der Waals surface area contributed by atoms with Crippen molar-refractivity contribution in [2.24, 2.45) is 0 Å². The Labute approximate surface area is 127 Å². The maximum Gasteiger partial charge on any atom is 0.124 e. The zero-order chi connectivity index (χ0) is 14.5. The first kappa shape index (κ1) is 14.9. The lowest BCUT2D eigenvalue weighted by atomic mass is 10.2. The molecule has 0 aliphatic rings. The molecule has 0 spiro atoms. The van der Waals surface area contributed by atoms with E-state index in [1.807, 2.05) is 38.1 Å². The molecule has 0 aliphatic heterocycles. The molecule has 0 radical (unpaired) electrons. The van der Waals surface area contributed by atoms with Gasteiger partial charge >= 0.3 is 0 Å². The van der Waals surface area contributed by atoms with Crippen molar-refractivity contribution in [1.82, 2.24) is 0 Å². The monoisotopic (exact) mass is 337 g/mol. The normalized spacial score (nSPS) is 10.7. The fourth-order valence-corrected chi connectivity index (χ4v) is 2.28. The van der Waals surface area contributed by atoms with E-state index >= 15 is 0 Å². The maximum absolute atomic E-state index is 13.0. The first-order valence-corrected chi connectivity index (χ1v) is 7.28. The predicted octanol–water partition coefficient (Wildman–Crippen LogP) is 4.99. The molecular formula is C16H17BrFNO. The standard InChI is InChI=1S/C16H17BrFNO/c1-11(2)20-15-7-5-14(6-8-15)19-10-12-3-4-13(18)9-16(12)17/h3-9,11,19H,10H2,1-2H3. The van der Waals surface area contributed by atoms with E-state index in [-0.39, 0.29) is 11.9 Å². The van der Waals surface area contributed by atoms with Gasteiger partial charge < -0.3 is 10.1 Å². The minimum Gasteiger partial charge on any atom is -0.491 e. The highest BCUT2D eigenvalue weighted by atomic mass is 79.9. The van der Waals surface area contributed by atoms with Crippen LogP contribution in [0.5, 0.6) is 5.75 Å². The van der Waals surface area contributed by atoms with E-state index in [4.69, 9.17) is 4.74 Å². The quantitative estimate of drug-likeness (QED) is 0.829. The van der Waals surface area contributed by atoms with Gasteiger partial charge in [0.25, 0.3) is 0 Å². The number of benzene rings is 2. The van der Waals surface area contributed by atoms with E-state index < -0.39 is 0 Å². The molecule has 0 aromatic heterocycles. The Bertz CT molecular complexity index is 569. The summed E-state index contributed by atoms with van der Waals surface area (Å²) in [5.74, 6) is 0.615. The zero-order valence-electron chi connectivity index (χ0n) is 11.5. The van der Waals surface area contributed by atoms with Crippen LogP contribution in [-0.2, 0) is 6.54 Å². The van der Waals surface area contributed by atoms with Crippen LogP contribution in [0.3, 0.4) is 0 Å². The highest BCUT2D eigenvalue weighted by molar-refractivity contribution is 9.10. The Balaban J connectivity index is 1.96. The van der Waals surface area contributed by atoms with Crippen molar-refractivity contribution in [3.63, 3.8) is 0 Å². The molecule has 0 unspecified atom stereocenters. The number of ether oxygens (including phenoxy) is 1. The maximum atomic E-state index is 13.0. The molecule has 0 fully saturated rings. The molecule has 0 saturated heterocycles. The zero-order valence-corrected chi connectivity index (χ0v) is 13.1. The van der Waals surface area contributed by atoms with E-state index in [0.29, 0.717) is 6.54 Å². The minimum atomic E-state index is -0.240. The Hall–Kier alpha value is -1.55. The molecule has 106 valence electrons. The summed E-state index contributed by atoms with van der Waals surface area (Å²) in [5.41, 5.74) is 2.01. The van der Waals surface area contributed by atoms with Crippen LogP contribution in [0.2, 0.25) is 0 Å². The van der Waals surface area contributed by atoms with E-state index in [1.54, 1.807) is 6.07 Å². The fourth-order valence-electron chi connectivity index (χ4n) is 1.79. The average Bonchev–Trinajstić information content (AvgIpc) is 2.39. The summed E-state index contributed by atoms with van der Waals surface area (Å²) in [6.45, 7) is 4.63. The van der Waals surface area contributed by atoms with Gasteiger partial charge in [-0.25, -0.2) is 4.39 Å². The van der Waals surface area contributed by atoms with Gasteiger partial charge in [-0.3, -0.25) is 0 Å². The molecule has 0 heterocycles. The number of rotatable bonds is 5. The summed E-state index contributed by atoms with van der Waals surface area (Å²) in [5, 5.41) is 3.29. The van der Waals surface area contributed by atoms with Crippen molar-refractivity contribution >= 4 is 21.6 Å². The molecule has 20 heavy (non-hydrogen) atoms. The molecule has 2 aromatic rings. The molecule has 0 atom stereocenters. The van der Waals surface area contributed by atoms with Crippen molar-refractivity contribution in [3.05, 3.63) is 58.3 Å². The highest BCUT2D eigenvalue weighted by Crippen LogP contribution is 2.21. The second-order valence-corrected chi connectivity index (χ2v) is 5.63. The summed E-state index contributed by atoms with van der Waals surface area (Å²) in [6.07, 6.45) is 0.170. The summed E-state index contributed by atoms with van der Waals surface area (Å²) >= 11 is 3.36. The molecule has 2 nitrogen and oxygen atoms in total. The smallest absolute Gasteiger partial charge is 0.124 e. The van der Waals surface area contributed by atoms with Crippen molar-refractivity contribution in [1.29, 1.82) is 0 Å². The Morgan fingerprint density at radius 1 is 1.15 bits per heavy atom. The van der Waals surface area contributed by atoms with Gasteiger partial charge in [0.1, 0.15) is 11.6 Å². The number of nitrogens with one attached hydrogen (secondary N) is 1. The lowest BCUT2D eigenvalue weighted by Crippen LogP contribution is -2.05. The van der Waals surface area contributed by atoms with E-state index in [0.717, 1.165) is 21.5 Å². The fraction of sp³-hybridized carbons (Fsp3) is 0.250. The minimum absolute atomic E-state index is 0.170. The van der Waals surface area contributed by atoms with E-state index in [9.17, 15) is 4.39 Å². The van der Waals surface area contributed by atoms with Crippen LogP contribution in [-0.4, -0.2) is 6.10 Å².